The number of esters is 1. The lowest BCUT2D eigenvalue weighted by Crippen LogP contribution is -2.26. The van der Waals surface area contributed by atoms with E-state index in [0.29, 0.717) is 23.4 Å². The Hall–Kier alpha value is -4.44. The number of ether oxygens (including phenoxy) is 1. The highest BCUT2D eigenvalue weighted by Crippen LogP contribution is 2.15. The van der Waals surface area contributed by atoms with E-state index in [0.717, 1.165) is 5.56 Å². The van der Waals surface area contributed by atoms with E-state index in [2.05, 4.69) is 10.6 Å². The summed E-state index contributed by atoms with van der Waals surface area (Å²) in [5, 5.41) is 14.3. The second-order valence-electron chi connectivity index (χ2n) is 6.53. The van der Waals surface area contributed by atoms with Gasteiger partial charge in [0.1, 0.15) is 0 Å². The van der Waals surface area contributed by atoms with Crippen molar-refractivity contribution in [1.82, 2.24) is 5.32 Å². The van der Waals surface area contributed by atoms with Gasteiger partial charge in [0.05, 0.1) is 28.4 Å². The molecule has 0 atom stereocenters. The summed E-state index contributed by atoms with van der Waals surface area (Å²) in [4.78, 5) is 36.9. The third-order valence-corrected chi connectivity index (χ3v) is 4.30. The number of hydrogen-bond acceptors (Lipinski definition) is 5. The van der Waals surface area contributed by atoms with Crippen LogP contribution < -0.4 is 10.6 Å². The fraction of sp³-hybridized carbons (Fsp3) is 0.0833. The first-order chi connectivity index (χ1) is 15.1. The minimum Gasteiger partial charge on any atom is -0.452 e. The van der Waals surface area contributed by atoms with Gasteiger partial charge in [-0.15, -0.1) is 0 Å². The van der Waals surface area contributed by atoms with E-state index in [1.54, 1.807) is 36.4 Å². The molecule has 3 rings (SSSR count). The number of benzene rings is 3. The molecule has 0 aliphatic rings. The molecule has 0 bridgehead atoms. The Morgan fingerprint density at radius 1 is 0.903 bits per heavy atom. The zero-order chi connectivity index (χ0) is 22.1. The molecule has 154 valence electrons. The summed E-state index contributed by atoms with van der Waals surface area (Å²) in [6.45, 7) is -0.184. The average Bonchev–Trinajstić information content (AvgIpc) is 2.82. The molecule has 0 aromatic heterocycles. The topological polar surface area (TPSA) is 108 Å². The van der Waals surface area contributed by atoms with Crippen LogP contribution in [-0.4, -0.2) is 24.4 Å². The lowest BCUT2D eigenvalue weighted by atomic mass is 10.1. The Morgan fingerprint density at radius 2 is 1.65 bits per heavy atom. The maximum absolute atomic E-state index is 12.6. The van der Waals surface area contributed by atoms with Crippen LogP contribution in [0.15, 0.2) is 78.9 Å². The van der Waals surface area contributed by atoms with Gasteiger partial charge < -0.3 is 15.4 Å². The molecule has 3 aromatic carbocycles. The van der Waals surface area contributed by atoms with Gasteiger partial charge in [0, 0.05) is 6.54 Å². The zero-order valence-electron chi connectivity index (χ0n) is 16.5. The second kappa shape index (κ2) is 10.4. The molecule has 3 aromatic rings. The number of hydrogen-bond donors (Lipinski definition) is 2. The van der Waals surface area contributed by atoms with E-state index in [-0.39, 0.29) is 11.5 Å². The number of amides is 2. The van der Waals surface area contributed by atoms with Crippen molar-refractivity contribution in [3.63, 3.8) is 0 Å². The van der Waals surface area contributed by atoms with Gasteiger partial charge in [-0.25, -0.2) is 4.79 Å². The van der Waals surface area contributed by atoms with Crippen molar-refractivity contribution in [3.8, 4) is 6.07 Å². The number of nitrogens with zero attached hydrogens (tertiary/aromatic N) is 1. The first kappa shape index (κ1) is 21.3. The van der Waals surface area contributed by atoms with E-state index < -0.39 is 18.5 Å². The van der Waals surface area contributed by atoms with Crippen LogP contribution in [-0.2, 0) is 16.1 Å². The Labute approximate surface area is 179 Å². The summed E-state index contributed by atoms with van der Waals surface area (Å²) in [7, 11) is 0. The Kier molecular flexibility index (Phi) is 7.12. The lowest BCUT2D eigenvalue weighted by molar-refractivity contribution is -0.119. The van der Waals surface area contributed by atoms with E-state index >= 15 is 0 Å². The van der Waals surface area contributed by atoms with Crippen LogP contribution in [0.25, 0.3) is 0 Å². The minimum absolute atomic E-state index is 0.174. The Morgan fingerprint density at radius 3 is 2.42 bits per heavy atom. The summed E-state index contributed by atoms with van der Waals surface area (Å²) >= 11 is 0. The molecule has 7 heteroatoms. The first-order valence-electron chi connectivity index (χ1n) is 9.45. The van der Waals surface area contributed by atoms with Gasteiger partial charge in [-0.3, -0.25) is 9.59 Å². The largest absolute Gasteiger partial charge is 0.452 e. The predicted molar refractivity (Wildman–Crippen MR) is 114 cm³/mol. The number of carbonyl (C=O) groups excluding carboxylic acids is 3. The smallest absolute Gasteiger partial charge is 0.338 e. The standard InChI is InChI=1S/C24H19N3O4/c25-14-18-9-6-10-19(13-18)24(30)31-16-22(28)27-21-12-5-4-11-20(21)23(29)26-15-17-7-2-1-3-8-17/h1-13H,15-16H2,(H,26,29)(H,27,28). The SMILES string of the molecule is N#Cc1cccc(C(=O)OCC(=O)Nc2ccccc2C(=O)NCc2ccccc2)c1. The van der Waals surface area contributed by atoms with Gasteiger partial charge in [0.25, 0.3) is 11.8 Å². The summed E-state index contributed by atoms with van der Waals surface area (Å²) in [6.07, 6.45) is 0. The number of nitrogens with one attached hydrogen (secondary N) is 2. The third kappa shape index (κ3) is 6.02. The number of rotatable bonds is 7. The van der Waals surface area contributed by atoms with Gasteiger partial charge in [-0.2, -0.15) is 5.26 Å². The van der Waals surface area contributed by atoms with E-state index in [1.165, 1.54) is 12.1 Å². The van der Waals surface area contributed by atoms with Crippen molar-refractivity contribution >= 4 is 23.5 Å². The summed E-state index contributed by atoms with van der Waals surface area (Å²) < 4.78 is 5.01. The molecule has 0 saturated heterocycles. The van der Waals surface area contributed by atoms with Crippen LogP contribution in [0.5, 0.6) is 0 Å². The van der Waals surface area contributed by atoms with Gasteiger partial charge in [-0.05, 0) is 35.9 Å². The molecule has 31 heavy (non-hydrogen) atoms. The lowest BCUT2D eigenvalue weighted by Gasteiger charge is -2.12. The Bertz CT molecular complexity index is 1140. The van der Waals surface area contributed by atoms with E-state index in [4.69, 9.17) is 10.00 Å². The third-order valence-electron chi connectivity index (χ3n) is 4.30. The second-order valence-corrected chi connectivity index (χ2v) is 6.53. The molecule has 7 nitrogen and oxygen atoms in total. The maximum atomic E-state index is 12.6. The van der Waals surface area contributed by atoms with Gasteiger partial charge in [-0.1, -0.05) is 48.5 Å². The molecule has 0 spiro atoms. The maximum Gasteiger partial charge on any atom is 0.338 e. The van der Waals surface area contributed by atoms with Gasteiger partial charge in [0.15, 0.2) is 6.61 Å². The van der Waals surface area contributed by atoms with Crippen LogP contribution in [0.3, 0.4) is 0 Å². The quantitative estimate of drug-likeness (QED) is 0.578. The highest BCUT2D eigenvalue weighted by Gasteiger charge is 2.15. The highest BCUT2D eigenvalue weighted by atomic mass is 16.5. The normalized spacial score (nSPS) is 9.90. The van der Waals surface area contributed by atoms with Crippen LogP contribution in [0.1, 0.15) is 31.8 Å². The minimum atomic E-state index is -0.721. The molecule has 0 unspecified atom stereocenters. The van der Waals surface area contributed by atoms with Crippen molar-refractivity contribution < 1.29 is 19.1 Å². The highest BCUT2D eigenvalue weighted by molar-refractivity contribution is 6.04. The van der Waals surface area contributed by atoms with Crippen LogP contribution in [0.4, 0.5) is 5.69 Å². The number of nitriles is 1. The molecule has 2 amide bonds. The van der Waals surface area contributed by atoms with Crippen LogP contribution in [0, 0.1) is 11.3 Å². The van der Waals surface area contributed by atoms with Crippen LogP contribution in [0.2, 0.25) is 0 Å². The van der Waals surface area contributed by atoms with Crippen LogP contribution >= 0.6 is 0 Å². The number of carbonyl (C=O) groups is 3. The van der Waals surface area contributed by atoms with Gasteiger partial charge >= 0.3 is 5.97 Å². The summed E-state index contributed by atoms with van der Waals surface area (Å²) in [6, 6.07) is 23.9. The summed E-state index contributed by atoms with van der Waals surface area (Å²) in [5.74, 6) is -1.65. The summed E-state index contributed by atoms with van der Waals surface area (Å²) in [5.41, 5.74) is 2.03. The fourth-order valence-electron chi connectivity index (χ4n) is 2.78. The van der Waals surface area contributed by atoms with E-state index in [1.807, 2.05) is 36.4 Å². The molecule has 0 fully saturated rings. The van der Waals surface area contributed by atoms with E-state index in [9.17, 15) is 14.4 Å². The Balaban J connectivity index is 1.58. The van der Waals surface area contributed by atoms with Crippen molar-refractivity contribution in [1.29, 1.82) is 5.26 Å². The number of anilines is 1. The molecule has 2 N–H and O–H groups in total. The zero-order valence-corrected chi connectivity index (χ0v) is 16.5. The van der Waals surface area contributed by atoms with Crippen molar-refractivity contribution in [3.05, 3.63) is 101 Å². The fourth-order valence-corrected chi connectivity index (χ4v) is 2.78. The molecule has 0 saturated carbocycles. The molecule has 0 aliphatic heterocycles. The average molecular weight is 413 g/mol. The first-order valence-corrected chi connectivity index (χ1v) is 9.45. The molecule has 0 radical (unpaired) electrons. The van der Waals surface area contributed by atoms with Crippen molar-refractivity contribution in [2.45, 2.75) is 6.54 Å². The van der Waals surface area contributed by atoms with Gasteiger partial charge in [0.2, 0.25) is 0 Å². The van der Waals surface area contributed by atoms with Crippen molar-refractivity contribution in [2.24, 2.45) is 0 Å². The van der Waals surface area contributed by atoms with Crippen molar-refractivity contribution in [2.75, 3.05) is 11.9 Å². The molecular formula is C24H19N3O4. The molecule has 0 heterocycles. The molecule has 0 aliphatic carbocycles. The monoisotopic (exact) mass is 413 g/mol. The predicted octanol–water partition coefficient (Wildman–Crippen LogP) is 3.28. The molecular weight excluding hydrogens is 394 g/mol. The number of para-hydroxylation sites is 1.